The summed E-state index contributed by atoms with van der Waals surface area (Å²) in [5.41, 5.74) is 23.6. The van der Waals surface area contributed by atoms with Gasteiger partial charge in [0.2, 0.25) is 0 Å². The zero-order chi connectivity index (χ0) is 50.2. The molecule has 0 bridgehead atoms. The Labute approximate surface area is 443 Å². The number of rotatable bonds is 9. The highest BCUT2D eigenvalue weighted by Crippen LogP contribution is 2.59. The van der Waals surface area contributed by atoms with Crippen LogP contribution in [-0.2, 0) is 10.8 Å². The highest BCUT2D eigenvalue weighted by molar-refractivity contribution is 6.09. The number of hydrogen-bond donors (Lipinski definition) is 0. The van der Waals surface area contributed by atoms with E-state index in [2.05, 4.69) is 296 Å². The molecule has 1 heterocycles. The van der Waals surface area contributed by atoms with Gasteiger partial charge in [-0.3, -0.25) is 0 Å². The molecule has 13 aromatic rings. The fraction of sp³-hybridized carbons (Fsp3) is 0.0270. The normalized spacial score (nSPS) is 13.5. The van der Waals surface area contributed by atoms with E-state index in [1.54, 1.807) is 0 Å². The molecule has 0 unspecified atom stereocenters. The largest absolute Gasteiger partial charge is 0.455 e. The average Bonchev–Trinajstić information content (AvgIpc) is 4.31. The minimum absolute atomic E-state index is 0.506. The van der Waals surface area contributed by atoms with Crippen LogP contribution in [-0.4, -0.2) is 0 Å². The first kappa shape index (κ1) is 43.8. The molecule has 15 rings (SSSR count). The zero-order valence-electron chi connectivity index (χ0n) is 41.6. The smallest absolute Gasteiger partial charge is 0.143 e. The topological polar surface area (TPSA) is 16.4 Å². The van der Waals surface area contributed by atoms with Gasteiger partial charge in [0.25, 0.3) is 0 Å². The van der Waals surface area contributed by atoms with Crippen LogP contribution in [0.2, 0.25) is 0 Å². The number of anilines is 3. The maximum absolute atomic E-state index is 6.52. The first-order chi connectivity index (χ1) is 37.7. The van der Waals surface area contributed by atoms with E-state index in [0.717, 1.165) is 61.3 Å². The summed E-state index contributed by atoms with van der Waals surface area (Å²) < 4.78 is 6.52. The van der Waals surface area contributed by atoms with Crippen LogP contribution in [0.3, 0.4) is 0 Å². The minimum atomic E-state index is -0.556. The van der Waals surface area contributed by atoms with E-state index >= 15 is 0 Å². The predicted molar refractivity (Wildman–Crippen MR) is 314 cm³/mol. The van der Waals surface area contributed by atoms with Crippen molar-refractivity contribution in [1.29, 1.82) is 0 Å². The predicted octanol–water partition coefficient (Wildman–Crippen LogP) is 19.1. The standard InChI is InChI=1S/C74H49NO/c1-5-23-53(24-6-1)73(54-25-7-2-8-26-54)68-37-17-14-32-62(68)66-48-58(44-46-69(66)73)75(57-41-39-50(40-42-57)51-21-19-22-52(47-51)60-34-20-35-65-64-33-15-18-38-71(64)76-72(60)65)59-43-45-63-61-31-13-16-36-67(61)74(70(63)49-59,55-27-9-3-10-28-55)56-29-11-4-12-30-56/h1-49H. The molecule has 0 fully saturated rings. The Morgan fingerprint density at radius 3 is 1.34 bits per heavy atom. The zero-order valence-corrected chi connectivity index (χ0v) is 41.6. The molecule has 1 aromatic heterocycles. The highest BCUT2D eigenvalue weighted by atomic mass is 16.3. The summed E-state index contributed by atoms with van der Waals surface area (Å²) in [5, 5.41) is 2.26. The molecule has 0 saturated carbocycles. The second kappa shape index (κ2) is 17.4. The number of para-hydroxylation sites is 2. The van der Waals surface area contributed by atoms with Gasteiger partial charge in [0, 0.05) is 33.4 Å². The maximum Gasteiger partial charge on any atom is 0.143 e. The molecule has 2 nitrogen and oxygen atoms in total. The van der Waals surface area contributed by atoms with E-state index in [0.29, 0.717) is 0 Å². The molecule has 0 amide bonds. The molecule has 0 spiro atoms. The van der Waals surface area contributed by atoms with Crippen molar-refractivity contribution in [3.63, 3.8) is 0 Å². The van der Waals surface area contributed by atoms with E-state index in [-0.39, 0.29) is 0 Å². The van der Waals surface area contributed by atoms with Crippen LogP contribution in [0.15, 0.2) is 302 Å². The Bertz CT molecular complexity index is 4250. The van der Waals surface area contributed by atoms with E-state index in [1.165, 1.54) is 66.8 Å². The van der Waals surface area contributed by atoms with Crippen LogP contribution in [0.1, 0.15) is 44.5 Å². The lowest BCUT2D eigenvalue weighted by molar-refractivity contribution is 0.670. The lowest BCUT2D eigenvalue weighted by Gasteiger charge is -2.35. The van der Waals surface area contributed by atoms with E-state index in [1.807, 2.05) is 6.07 Å². The molecule has 0 saturated heterocycles. The van der Waals surface area contributed by atoms with E-state index < -0.39 is 10.8 Å². The summed E-state index contributed by atoms with van der Waals surface area (Å²) in [7, 11) is 0. The molecule has 2 aliphatic rings. The highest BCUT2D eigenvalue weighted by Gasteiger charge is 2.48. The average molecular weight is 968 g/mol. The van der Waals surface area contributed by atoms with Crippen LogP contribution in [0, 0.1) is 0 Å². The summed E-state index contributed by atoms with van der Waals surface area (Å²) in [5.74, 6) is 0. The van der Waals surface area contributed by atoms with Crippen molar-refractivity contribution in [2.24, 2.45) is 0 Å². The lowest BCUT2D eigenvalue weighted by atomic mass is 9.67. The van der Waals surface area contributed by atoms with Crippen molar-refractivity contribution in [3.05, 3.63) is 342 Å². The number of benzene rings is 12. The molecular formula is C74H49NO. The lowest BCUT2D eigenvalue weighted by Crippen LogP contribution is -2.28. The Balaban J connectivity index is 0.929. The van der Waals surface area contributed by atoms with Gasteiger partial charge in [-0.25, -0.2) is 0 Å². The summed E-state index contributed by atoms with van der Waals surface area (Å²) in [4.78, 5) is 2.47. The van der Waals surface area contributed by atoms with E-state index in [9.17, 15) is 0 Å². The molecule has 12 aromatic carbocycles. The monoisotopic (exact) mass is 967 g/mol. The number of fused-ring (bicyclic) bond motifs is 9. The van der Waals surface area contributed by atoms with Crippen LogP contribution in [0.4, 0.5) is 17.1 Å². The Morgan fingerprint density at radius 1 is 0.250 bits per heavy atom. The van der Waals surface area contributed by atoms with Gasteiger partial charge < -0.3 is 9.32 Å². The van der Waals surface area contributed by atoms with Crippen molar-refractivity contribution >= 4 is 39.0 Å². The van der Waals surface area contributed by atoms with Crippen LogP contribution in [0.5, 0.6) is 0 Å². The van der Waals surface area contributed by atoms with Gasteiger partial charge in [-0.05, 0) is 132 Å². The quantitative estimate of drug-likeness (QED) is 0.143. The fourth-order valence-electron chi connectivity index (χ4n) is 13.2. The van der Waals surface area contributed by atoms with Gasteiger partial charge in [0.15, 0.2) is 0 Å². The van der Waals surface area contributed by atoms with Gasteiger partial charge in [-0.15, -0.1) is 0 Å². The van der Waals surface area contributed by atoms with Crippen LogP contribution < -0.4 is 4.90 Å². The van der Waals surface area contributed by atoms with Crippen molar-refractivity contribution < 1.29 is 4.42 Å². The van der Waals surface area contributed by atoms with Gasteiger partial charge in [0.05, 0.1) is 10.8 Å². The molecule has 356 valence electrons. The summed E-state index contributed by atoms with van der Waals surface area (Å²) in [6.45, 7) is 0. The first-order valence-corrected chi connectivity index (χ1v) is 26.3. The van der Waals surface area contributed by atoms with Gasteiger partial charge >= 0.3 is 0 Å². The van der Waals surface area contributed by atoms with Crippen LogP contribution in [0.25, 0.3) is 66.4 Å². The Kier molecular flexibility index (Phi) is 10.0. The van der Waals surface area contributed by atoms with Gasteiger partial charge in [-0.2, -0.15) is 0 Å². The molecular weight excluding hydrogens is 919 g/mol. The van der Waals surface area contributed by atoms with Crippen molar-refractivity contribution in [2.45, 2.75) is 10.8 Å². The number of furan rings is 1. The summed E-state index contributed by atoms with van der Waals surface area (Å²) in [6, 6.07) is 110. The Hall–Kier alpha value is -9.76. The van der Waals surface area contributed by atoms with Crippen molar-refractivity contribution in [1.82, 2.24) is 0 Å². The molecule has 0 N–H and O–H groups in total. The third-order valence-corrected chi connectivity index (χ3v) is 16.4. The number of nitrogens with zero attached hydrogens (tertiary/aromatic N) is 1. The van der Waals surface area contributed by atoms with Crippen molar-refractivity contribution in [2.75, 3.05) is 4.90 Å². The maximum atomic E-state index is 6.52. The molecule has 0 radical (unpaired) electrons. The molecule has 0 aliphatic heterocycles. The molecule has 76 heavy (non-hydrogen) atoms. The SMILES string of the molecule is c1ccc(C2(c3ccccc3)c3ccccc3-c3cc(N(c4ccc(-c5cccc(-c6cccc7c6oc6ccccc67)c5)cc4)c4ccc5c(c4)C(c4ccccc4)(c4ccccc4)c4ccccc4-5)ccc32)cc1. The van der Waals surface area contributed by atoms with Crippen molar-refractivity contribution in [3.8, 4) is 44.5 Å². The van der Waals surface area contributed by atoms with E-state index in [4.69, 9.17) is 4.42 Å². The summed E-state index contributed by atoms with van der Waals surface area (Å²) in [6.07, 6.45) is 0. The van der Waals surface area contributed by atoms with Gasteiger partial charge in [-0.1, -0.05) is 249 Å². The summed E-state index contributed by atoms with van der Waals surface area (Å²) >= 11 is 0. The Morgan fingerprint density at radius 2 is 0.697 bits per heavy atom. The molecule has 2 heteroatoms. The fourth-order valence-corrected chi connectivity index (χ4v) is 13.2. The van der Waals surface area contributed by atoms with Gasteiger partial charge in [0.1, 0.15) is 11.2 Å². The second-order valence-corrected chi connectivity index (χ2v) is 20.3. The molecule has 2 aliphatic carbocycles. The third kappa shape index (κ3) is 6.47. The second-order valence-electron chi connectivity index (χ2n) is 20.3. The first-order valence-electron chi connectivity index (χ1n) is 26.3. The minimum Gasteiger partial charge on any atom is -0.455 e. The van der Waals surface area contributed by atoms with Crippen LogP contribution >= 0.6 is 0 Å². The third-order valence-electron chi connectivity index (χ3n) is 16.4. The number of hydrogen-bond acceptors (Lipinski definition) is 2. The molecule has 0 atom stereocenters.